The molecular weight excluding hydrogens is 216 g/mol. The molecule has 0 saturated carbocycles. The first-order valence-corrected chi connectivity index (χ1v) is 6.53. The summed E-state index contributed by atoms with van der Waals surface area (Å²) < 4.78 is 5.01. The van der Waals surface area contributed by atoms with Gasteiger partial charge in [-0.25, -0.2) is 0 Å². The molecule has 0 saturated heterocycles. The molecule has 0 aliphatic carbocycles. The minimum absolute atomic E-state index is 0.146. The summed E-state index contributed by atoms with van der Waals surface area (Å²) in [5, 5.41) is 3.01. The van der Waals surface area contributed by atoms with Crippen LogP contribution in [0.3, 0.4) is 0 Å². The fraction of sp³-hybridized carbons (Fsp3) is 0.923. The largest absolute Gasteiger partial charge is 0.465 e. The maximum atomic E-state index is 11.5. The van der Waals surface area contributed by atoms with Gasteiger partial charge < -0.3 is 15.0 Å². The minimum atomic E-state index is -0.184. The van der Waals surface area contributed by atoms with Crippen LogP contribution < -0.4 is 5.32 Å². The minimum Gasteiger partial charge on any atom is -0.465 e. The second-order valence-corrected chi connectivity index (χ2v) is 4.87. The number of hydrogen-bond donors (Lipinski definition) is 1. The number of hydrogen-bond acceptors (Lipinski definition) is 4. The predicted molar refractivity (Wildman–Crippen MR) is 71.0 cm³/mol. The lowest BCUT2D eigenvalue weighted by Crippen LogP contribution is -2.38. The van der Waals surface area contributed by atoms with Crippen LogP contribution in [0, 0.1) is 5.92 Å². The molecule has 0 aromatic heterocycles. The SMILES string of the molecule is CCOC(=O)C(CCN(C)CCC(C)C)NC. The van der Waals surface area contributed by atoms with E-state index >= 15 is 0 Å². The first-order valence-electron chi connectivity index (χ1n) is 6.53. The van der Waals surface area contributed by atoms with E-state index in [1.807, 2.05) is 6.92 Å². The lowest BCUT2D eigenvalue weighted by molar-refractivity contribution is -0.145. The van der Waals surface area contributed by atoms with Crippen molar-refractivity contribution in [3.63, 3.8) is 0 Å². The highest BCUT2D eigenvalue weighted by Crippen LogP contribution is 2.03. The van der Waals surface area contributed by atoms with Gasteiger partial charge in [0.2, 0.25) is 0 Å². The Balaban J connectivity index is 3.85. The molecule has 0 heterocycles. The zero-order chi connectivity index (χ0) is 13.3. The van der Waals surface area contributed by atoms with Gasteiger partial charge >= 0.3 is 5.97 Å². The molecule has 17 heavy (non-hydrogen) atoms. The van der Waals surface area contributed by atoms with Crippen molar-refractivity contribution in [2.45, 2.75) is 39.7 Å². The normalized spacial score (nSPS) is 13.1. The Hall–Kier alpha value is -0.610. The van der Waals surface area contributed by atoms with Crippen LogP contribution in [-0.4, -0.2) is 50.7 Å². The fourth-order valence-corrected chi connectivity index (χ4v) is 1.56. The van der Waals surface area contributed by atoms with Gasteiger partial charge in [-0.05, 0) is 52.9 Å². The second kappa shape index (κ2) is 9.42. The number of rotatable bonds is 9. The Labute approximate surface area is 106 Å². The molecule has 0 bridgehead atoms. The highest BCUT2D eigenvalue weighted by molar-refractivity contribution is 5.75. The molecule has 0 aromatic carbocycles. The highest BCUT2D eigenvalue weighted by Gasteiger charge is 2.17. The summed E-state index contributed by atoms with van der Waals surface area (Å²) in [6, 6.07) is -0.184. The topological polar surface area (TPSA) is 41.6 Å². The van der Waals surface area contributed by atoms with Gasteiger partial charge in [-0.15, -0.1) is 0 Å². The van der Waals surface area contributed by atoms with Gasteiger partial charge in [0, 0.05) is 0 Å². The number of esters is 1. The van der Waals surface area contributed by atoms with Crippen molar-refractivity contribution < 1.29 is 9.53 Å². The van der Waals surface area contributed by atoms with Crippen molar-refractivity contribution in [1.29, 1.82) is 0 Å². The average molecular weight is 244 g/mol. The lowest BCUT2D eigenvalue weighted by atomic mass is 10.1. The molecule has 0 radical (unpaired) electrons. The summed E-state index contributed by atoms with van der Waals surface area (Å²) in [5.41, 5.74) is 0. The number of nitrogens with zero attached hydrogens (tertiary/aromatic N) is 1. The summed E-state index contributed by atoms with van der Waals surface area (Å²) in [6.07, 6.45) is 1.99. The monoisotopic (exact) mass is 244 g/mol. The van der Waals surface area contributed by atoms with Crippen molar-refractivity contribution in [3.05, 3.63) is 0 Å². The Morgan fingerprint density at radius 3 is 2.35 bits per heavy atom. The molecule has 0 rings (SSSR count). The van der Waals surface area contributed by atoms with E-state index in [9.17, 15) is 4.79 Å². The van der Waals surface area contributed by atoms with Crippen LogP contribution >= 0.6 is 0 Å². The number of ether oxygens (including phenoxy) is 1. The van der Waals surface area contributed by atoms with Gasteiger partial charge in [-0.1, -0.05) is 13.8 Å². The smallest absolute Gasteiger partial charge is 0.323 e. The quantitative estimate of drug-likeness (QED) is 0.624. The fourth-order valence-electron chi connectivity index (χ4n) is 1.56. The van der Waals surface area contributed by atoms with Crippen LogP contribution in [0.15, 0.2) is 0 Å². The van der Waals surface area contributed by atoms with E-state index in [0.29, 0.717) is 6.61 Å². The summed E-state index contributed by atoms with van der Waals surface area (Å²) >= 11 is 0. The maximum absolute atomic E-state index is 11.5. The van der Waals surface area contributed by atoms with Crippen LogP contribution in [0.4, 0.5) is 0 Å². The third-order valence-electron chi connectivity index (χ3n) is 2.81. The third kappa shape index (κ3) is 8.16. The Morgan fingerprint density at radius 2 is 1.88 bits per heavy atom. The van der Waals surface area contributed by atoms with Crippen molar-refractivity contribution >= 4 is 5.97 Å². The number of likely N-dealkylation sites (N-methyl/N-ethyl adjacent to an activating group) is 1. The third-order valence-corrected chi connectivity index (χ3v) is 2.81. The van der Waals surface area contributed by atoms with Gasteiger partial charge in [-0.3, -0.25) is 4.79 Å². The van der Waals surface area contributed by atoms with Crippen LogP contribution in [0.2, 0.25) is 0 Å². The first kappa shape index (κ1) is 16.4. The molecule has 4 heteroatoms. The molecule has 1 unspecified atom stereocenters. The van der Waals surface area contributed by atoms with E-state index in [1.165, 1.54) is 6.42 Å². The molecule has 0 spiro atoms. The summed E-state index contributed by atoms with van der Waals surface area (Å²) in [4.78, 5) is 13.8. The molecule has 0 aliphatic rings. The second-order valence-electron chi connectivity index (χ2n) is 4.87. The van der Waals surface area contributed by atoms with Crippen LogP contribution in [0.5, 0.6) is 0 Å². The van der Waals surface area contributed by atoms with Crippen molar-refractivity contribution in [2.24, 2.45) is 5.92 Å². The van der Waals surface area contributed by atoms with E-state index in [1.54, 1.807) is 7.05 Å². The Bertz CT molecular complexity index is 208. The summed E-state index contributed by atoms with van der Waals surface area (Å²) in [5.74, 6) is 0.579. The number of carbonyl (C=O) groups excluding carboxylic acids is 1. The van der Waals surface area contributed by atoms with E-state index in [-0.39, 0.29) is 12.0 Å². The van der Waals surface area contributed by atoms with Gasteiger partial charge in [0.15, 0.2) is 0 Å². The average Bonchev–Trinajstić information content (AvgIpc) is 2.27. The molecule has 102 valence electrons. The van der Waals surface area contributed by atoms with Crippen LogP contribution in [0.25, 0.3) is 0 Å². The zero-order valence-corrected chi connectivity index (χ0v) is 12.0. The molecular formula is C13H28N2O2. The van der Waals surface area contributed by atoms with Crippen molar-refractivity contribution in [3.8, 4) is 0 Å². The Morgan fingerprint density at radius 1 is 1.29 bits per heavy atom. The molecule has 0 fully saturated rings. The lowest BCUT2D eigenvalue weighted by Gasteiger charge is -2.21. The van der Waals surface area contributed by atoms with Gasteiger partial charge in [0.25, 0.3) is 0 Å². The van der Waals surface area contributed by atoms with Gasteiger partial charge in [0.05, 0.1) is 6.61 Å². The molecule has 1 atom stereocenters. The van der Waals surface area contributed by atoms with E-state index in [4.69, 9.17) is 4.74 Å². The number of carbonyl (C=O) groups is 1. The molecule has 0 aromatic rings. The summed E-state index contributed by atoms with van der Waals surface area (Å²) in [6.45, 7) is 8.72. The predicted octanol–water partition coefficient (Wildman–Crippen LogP) is 1.51. The Kier molecular flexibility index (Phi) is 9.09. The van der Waals surface area contributed by atoms with Crippen LogP contribution in [-0.2, 0) is 9.53 Å². The number of nitrogens with one attached hydrogen (secondary N) is 1. The van der Waals surface area contributed by atoms with Crippen molar-refractivity contribution in [2.75, 3.05) is 33.8 Å². The van der Waals surface area contributed by atoms with Crippen molar-refractivity contribution in [1.82, 2.24) is 10.2 Å². The van der Waals surface area contributed by atoms with E-state index < -0.39 is 0 Å². The highest BCUT2D eigenvalue weighted by atomic mass is 16.5. The molecule has 1 N–H and O–H groups in total. The molecule has 4 nitrogen and oxygen atoms in total. The standard InChI is InChI=1S/C13H28N2O2/c1-6-17-13(16)12(14-4)8-10-15(5)9-7-11(2)3/h11-12,14H,6-10H2,1-5H3. The van der Waals surface area contributed by atoms with Gasteiger partial charge in [0.1, 0.15) is 6.04 Å². The van der Waals surface area contributed by atoms with E-state index in [2.05, 4.69) is 31.1 Å². The molecule has 0 aliphatic heterocycles. The summed E-state index contributed by atoms with van der Waals surface area (Å²) in [7, 11) is 3.90. The molecule has 0 amide bonds. The van der Waals surface area contributed by atoms with E-state index in [0.717, 1.165) is 25.4 Å². The maximum Gasteiger partial charge on any atom is 0.323 e. The van der Waals surface area contributed by atoms with Crippen LogP contribution in [0.1, 0.15) is 33.6 Å². The zero-order valence-electron chi connectivity index (χ0n) is 12.0. The van der Waals surface area contributed by atoms with Gasteiger partial charge in [-0.2, -0.15) is 0 Å². The first-order chi connectivity index (χ1) is 8.01.